The molecule has 6 heteroatoms. The summed E-state index contributed by atoms with van der Waals surface area (Å²) in [6.07, 6.45) is 5.12. The van der Waals surface area contributed by atoms with E-state index >= 15 is 0 Å². The van der Waals surface area contributed by atoms with Gasteiger partial charge in [-0.2, -0.15) is 0 Å². The van der Waals surface area contributed by atoms with E-state index in [-0.39, 0.29) is 5.91 Å². The molecule has 3 rings (SSSR count). The van der Waals surface area contributed by atoms with Gasteiger partial charge in [-0.05, 0) is 56.0 Å². The van der Waals surface area contributed by atoms with Crippen molar-refractivity contribution in [3.63, 3.8) is 0 Å². The van der Waals surface area contributed by atoms with Crippen LogP contribution in [0, 0.1) is 10.8 Å². The lowest BCUT2D eigenvalue weighted by atomic mass is 9.85. The first-order chi connectivity index (χ1) is 10.6. The van der Waals surface area contributed by atoms with Gasteiger partial charge in [-0.3, -0.25) is 4.79 Å². The van der Waals surface area contributed by atoms with E-state index in [1.165, 1.54) is 0 Å². The average Bonchev–Trinajstić information content (AvgIpc) is 2.87. The Hall–Kier alpha value is -1.66. The molecule has 0 radical (unpaired) electrons. The van der Waals surface area contributed by atoms with E-state index < -0.39 is 0 Å². The van der Waals surface area contributed by atoms with E-state index in [0.717, 1.165) is 36.9 Å². The van der Waals surface area contributed by atoms with Crippen LogP contribution in [-0.4, -0.2) is 24.1 Å². The van der Waals surface area contributed by atoms with E-state index in [2.05, 4.69) is 10.3 Å². The van der Waals surface area contributed by atoms with Crippen LogP contribution in [0.25, 0.3) is 11.1 Å². The second-order valence-electron chi connectivity index (χ2n) is 5.86. The molecule has 0 unspecified atom stereocenters. The van der Waals surface area contributed by atoms with Gasteiger partial charge >= 0.3 is 0 Å². The minimum absolute atomic E-state index is 0.0503. The molecule has 1 saturated carbocycles. The number of oxazole rings is 1. The van der Waals surface area contributed by atoms with Gasteiger partial charge in [0.25, 0.3) is 4.84 Å². The predicted octanol–water partition coefficient (Wildman–Crippen LogP) is 4.02. The Kier molecular flexibility index (Phi) is 4.59. The number of anilines is 1. The third-order valence-electron chi connectivity index (χ3n) is 4.31. The summed E-state index contributed by atoms with van der Waals surface area (Å²) < 4.78 is 10.7. The second kappa shape index (κ2) is 6.62. The highest BCUT2D eigenvalue weighted by atomic mass is 32.1. The first-order valence-electron chi connectivity index (χ1n) is 7.59. The molecular formula is C16H20N2O3S. The van der Waals surface area contributed by atoms with Gasteiger partial charge in [-0.25, -0.2) is 0 Å². The molecule has 0 aliphatic heterocycles. The van der Waals surface area contributed by atoms with Crippen molar-refractivity contribution in [1.29, 1.82) is 0 Å². The predicted molar refractivity (Wildman–Crippen MR) is 87.4 cm³/mol. The van der Waals surface area contributed by atoms with Crippen LogP contribution in [-0.2, 0) is 9.53 Å². The van der Waals surface area contributed by atoms with Gasteiger partial charge in [-0.15, -0.1) is 0 Å². The molecule has 1 heterocycles. The number of aromatic nitrogens is 1. The molecule has 0 spiro atoms. The lowest BCUT2D eigenvalue weighted by Gasteiger charge is -2.27. The minimum atomic E-state index is 0.0503. The Morgan fingerprint density at radius 1 is 1.41 bits per heavy atom. The summed E-state index contributed by atoms with van der Waals surface area (Å²) in [7, 11) is 1.76. The number of ether oxygens (including phenoxy) is 1. The van der Waals surface area contributed by atoms with Crippen LogP contribution in [0.3, 0.4) is 0 Å². The van der Waals surface area contributed by atoms with Gasteiger partial charge in [-0.1, -0.05) is 0 Å². The lowest BCUT2D eigenvalue weighted by molar-refractivity contribution is -0.117. The molecule has 118 valence electrons. The molecule has 0 atom stereocenters. The molecule has 0 bridgehead atoms. The molecule has 1 aromatic heterocycles. The van der Waals surface area contributed by atoms with E-state index in [0.29, 0.717) is 28.9 Å². The minimum Gasteiger partial charge on any atom is -0.429 e. The maximum absolute atomic E-state index is 12.2. The highest BCUT2D eigenvalue weighted by Crippen LogP contribution is 2.28. The average molecular weight is 320 g/mol. The van der Waals surface area contributed by atoms with Gasteiger partial charge in [0.1, 0.15) is 0 Å². The smallest absolute Gasteiger partial charge is 0.266 e. The monoisotopic (exact) mass is 320 g/mol. The molecule has 1 aliphatic carbocycles. The lowest BCUT2D eigenvalue weighted by Crippen LogP contribution is -2.24. The fourth-order valence-corrected chi connectivity index (χ4v) is 3.27. The van der Waals surface area contributed by atoms with Crippen LogP contribution in [0.4, 0.5) is 5.69 Å². The Morgan fingerprint density at radius 3 is 2.91 bits per heavy atom. The summed E-state index contributed by atoms with van der Waals surface area (Å²) in [6.45, 7) is 0. The van der Waals surface area contributed by atoms with Crippen molar-refractivity contribution in [2.24, 2.45) is 5.92 Å². The normalized spacial score (nSPS) is 21.9. The van der Waals surface area contributed by atoms with Crippen LogP contribution in [0.15, 0.2) is 22.6 Å². The maximum Gasteiger partial charge on any atom is 0.266 e. The number of aromatic amines is 1. The standard InChI is InChI=1S/C16H20N2O3S/c1-20-12-5-2-10(3-6-12)8-15(19)17-11-4-7-13-14(9-11)21-16(22)18-13/h4,7,9-10,12H,2-3,5-6,8H2,1H3,(H,17,19)(H,18,22). The molecule has 22 heavy (non-hydrogen) atoms. The largest absolute Gasteiger partial charge is 0.429 e. The van der Waals surface area contributed by atoms with Crippen molar-refractivity contribution < 1.29 is 13.9 Å². The summed E-state index contributed by atoms with van der Waals surface area (Å²) >= 11 is 4.95. The van der Waals surface area contributed by atoms with Crippen LogP contribution < -0.4 is 5.32 Å². The van der Waals surface area contributed by atoms with E-state index in [1.54, 1.807) is 13.2 Å². The van der Waals surface area contributed by atoms with E-state index in [4.69, 9.17) is 21.4 Å². The second-order valence-corrected chi connectivity index (χ2v) is 6.23. The van der Waals surface area contributed by atoms with Crippen molar-refractivity contribution >= 4 is 34.9 Å². The molecule has 2 aromatic rings. The molecule has 1 fully saturated rings. The van der Waals surface area contributed by atoms with Crippen LogP contribution >= 0.6 is 12.2 Å². The molecular weight excluding hydrogens is 300 g/mol. The summed E-state index contributed by atoms with van der Waals surface area (Å²) in [4.78, 5) is 15.5. The van der Waals surface area contributed by atoms with Gasteiger partial charge in [0.15, 0.2) is 5.58 Å². The third-order valence-corrected chi connectivity index (χ3v) is 4.49. The summed E-state index contributed by atoms with van der Waals surface area (Å²) in [5.41, 5.74) is 2.23. The number of carbonyl (C=O) groups is 1. The first kappa shape index (κ1) is 15.2. The van der Waals surface area contributed by atoms with Gasteiger partial charge in [0.05, 0.1) is 11.6 Å². The first-order valence-corrected chi connectivity index (χ1v) is 8.00. The number of methoxy groups -OCH3 is 1. The fourth-order valence-electron chi connectivity index (χ4n) is 3.07. The van der Waals surface area contributed by atoms with Gasteiger partial charge in [0, 0.05) is 25.3 Å². The van der Waals surface area contributed by atoms with Crippen molar-refractivity contribution in [3.8, 4) is 0 Å². The van der Waals surface area contributed by atoms with Crippen LogP contribution in [0.1, 0.15) is 32.1 Å². The maximum atomic E-state index is 12.2. The number of H-pyrrole nitrogens is 1. The Morgan fingerprint density at radius 2 is 2.18 bits per heavy atom. The fraction of sp³-hybridized carbons (Fsp3) is 0.500. The van der Waals surface area contributed by atoms with Crippen molar-refractivity contribution in [2.45, 2.75) is 38.2 Å². The topological polar surface area (TPSA) is 67.3 Å². The number of carbonyl (C=O) groups excluding carboxylic acids is 1. The Balaban J connectivity index is 1.57. The van der Waals surface area contributed by atoms with Crippen molar-refractivity contribution in [3.05, 3.63) is 23.0 Å². The molecule has 0 saturated heterocycles. The number of rotatable bonds is 4. The Labute approximate surface area is 134 Å². The highest BCUT2D eigenvalue weighted by molar-refractivity contribution is 7.71. The van der Waals surface area contributed by atoms with Crippen molar-refractivity contribution in [2.75, 3.05) is 12.4 Å². The molecule has 1 amide bonds. The third kappa shape index (κ3) is 3.56. The molecule has 1 aromatic carbocycles. The quantitative estimate of drug-likeness (QED) is 0.835. The zero-order chi connectivity index (χ0) is 15.5. The van der Waals surface area contributed by atoms with Crippen LogP contribution in [0.2, 0.25) is 0 Å². The number of benzene rings is 1. The summed E-state index contributed by atoms with van der Waals surface area (Å²) in [5, 5.41) is 2.94. The van der Waals surface area contributed by atoms with Crippen molar-refractivity contribution in [1.82, 2.24) is 4.98 Å². The van der Waals surface area contributed by atoms with Crippen LogP contribution in [0.5, 0.6) is 0 Å². The zero-order valence-corrected chi connectivity index (χ0v) is 13.4. The highest BCUT2D eigenvalue weighted by Gasteiger charge is 2.22. The molecule has 5 nitrogen and oxygen atoms in total. The van der Waals surface area contributed by atoms with E-state index in [9.17, 15) is 4.79 Å². The molecule has 2 N–H and O–H groups in total. The summed E-state index contributed by atoms with van der Waals surface area (Å²) in [6, 6.07) is 5.50. The number of nitrogens with one attached hydrogen (secondary N) is 2. The SMILES string of the molecule is COC1CCC(CC(=O)Nc2ccc3[nH]c(=S)oc3c2)CC1. The van der Waals surface area contributed by atoms with Gasteiger partial charge < -0.3 is 19.5 Å². The van der Waals surface area contributed by atoms with Gasteiger partial charge in [0.2, 0.25) is 5.91 Å². The Bertz CT molecular complexity index is 713. The zero-order valence-electron chi connectivity index (χ0n) is 12.6. The van der Waals surface area contributed by atoms with E-state index in [1.807, 2.05) is 12.1 Å². The molecule has 1 aliphatic rings. The number of hydrogen-bond donors (Lipinski definition) is 2. The summed E-state index contributed by atoms with van der Waals surface area (Å²) in [5.74, 6) is 0.501. The number of hydrogen-bond acceptors (Lipinski definition) is 4. The number of fused-ring (bicyclic) bond motifs is 1. The number of amides is 1.